The van der Waals surface area contributed by atoms with Gasteiger partial charge in [-0.05, 0) is 24.6 Å². The van der Waals surface area contributed by atoms with Crippen molar-refractivity contribution in [3.05, 3.63) is 80.0 Å². The van der Waals surface area contributed by atoms with E-state index in [0.717, 1.165) is 11.1 Å². The number of phenolic OH excluding ortho intramolecular Hbond substituents is 1. The molecule has 2 heterocycles. The number of imidazole rings is 1. The van der Waals surface area contributed by atoms with Gasteiger partial charge in [-0.2, -0.15) is 10.1 Å². The summed E-state index contributed by atoms with van der Waals surface area (Å²) in [6.07, 6.45) is 1.41. The average molecular weight is 434 g/mol. The smallest absolute Gasteiger partial charge is 0.329 e. The van der Waals surface area contributed by atoms with E-state index in [2.05, 4.69) is 20.5 Å². The molecule has 0 bridgehead atoms. The van der Waals surface area contributed by atoms with Gasteiger partial charge in [-0.15, -0.1) is 0 Å². The number of hydrogen-bond acceptors (Lipinski definition) is 7. The van der Waals surface area contributed by atoms with E-state index in [9.17, 15) is 14.7 Å². The highest BCUT2D eigenvalue weighted by molar-refractivity contribution is 5.85. The minimum absolute atomic E-state index is 0.0486. The lowest BCUT2D eigenvalue weighted by atomic mass is 10.1. The molecule has 0 aliphatic heterocycles. The summed E-state index contributed by atoms with van der Waals surface area (Å²) in [6.45, 7) is 2.33. The molecule has 4 rings (SSSR count). The molecule has 0 fully saturated rings. The van der Waals surface area contributed by atoms with Crippen molar-refractivity contribution >= 4 is 23.3 Å². The molecule has 32 heavy (non-hydrogen) atoms. The molecule has 0 amide bonds. The van der Waals surface area contributed by atoms with Crippen LogP contribution in [0.1, 0.15) is 16.7 Å². The van der Waals surface area contributed by atoms with Crippen LogP contribution in [0.3, 0.4) is 0 Å². The van der Waals surface area contributed by atoms with Crippen LogP contribution in [0.5, 0.6) is 11.5 Å². The normalized spacial score (nSPS) is 11.3. The first-order chi connectivity index (χ1) is 15.4. The van der Waals surface area contributed by atoms with Crippen LogP contribution >= 0.6 is 0 Å². The number of nitrogens with zero attached hydrogens (tertiary/aromatic N) is 4. The zero-order chi connectivity index (χ0) is 22.8. The number of fused-ring (bicyclic) bond motifs is 1. The van der Waals surface area contributed by atoms with E-state index in [0.29, 0.717) is 17.9 Å². The monoisotopic (exact) mass is 434 g/mol. The van der Waals surface area contributed by atoms with Gasteiger partial charge < -0.3 is 9.84 Å². The molecule has 0 unspecified atom stereocenters. The molecule has 0 radical (unpaired) electrons. The Balaban J connectivity index is 1.77. The van der Waals surface area contributed by atoms with Crippen molar-refractivity contribution in [2.24, 2.45) is 12.1 Å². The zero-order valence-electron chi connectivity index (χ0n) is 17.8. The lowest BCUT2D eigenvalue weighted by Gasteiger charge is -2.09. The maximum absolute atomic E-state index is 12.6. The highest BCUT2D eigenvalue weighted by Gasteiger charge is 2.17. The lowest BCUT2D eigenvalue weighted by molar-refractivity contribution is 0.373. The fourth-order valence-electron chi connectivity index (χ4n) is 3.32. The summed E-state index contributed by atoms with van der Waals surface area (Å²) in [5, 5.41) is 14.4. The first-order valence-corrected chi connectivity index (χ1v) is 9.79. The van der Waals surface area contributed by atoms with Crippen molar-refractivity contribution in [2.75, 3.05) is 12.5 Å². The summed E-state index contributed by atoms with van der Waals surface area (Å²) in [5.41, 5.74) is 4.70. The summed E-state index contributed by atoms with van der Waals surface area (Å²) in [4.78, 5) is 31.4. The SMILES string of the molecule is COc1cccc(/C=N\Nc2nc3c(c(=O)[nH]c(=O)n3C)n2Cc2ccc(C)cc2)c1O. The van der Waals surface area contributed by atoms with E-state index >= 15 is 0 Å². The van der Waals surface area contributed by atoms with Crippen LogP contribution < -0.4 is 21.4 Å². The van der Waals surface area contributed by atoms with Gasteiger partial charge in [0.1, 0.15) is 0 Å². The molecule has 10 nitrogen and oxygen atoms in total. The van der Waals surface area contributed by atoms with Crippen molar-refractivity contribution in [3.8, 4) is 11.5 Å². The first-order valence-electron chi connectivity index (χ1n) is 9.79. The van der Waals surface area contributed by atoms with E-state index in [1.54, 1.807) is 22.8 Å². The Hall–Kier alpha value is -4.34. The number of phenols is 1. The molecule has 0 aliphatic carbocycles. The van der Waals surface area contributed by atoms with Crippen LogP contribution in [-0.2, 0) is 13.6 Å². The summed E-state index contributed by atoms with van der Waals surface area (Å²) < 4.78 is 8.03. The van der Waals surface area contributed by atoms with Gasteiger partial charge in [0.05, 0.1) is 19.9 Å². The van der Waals surface area contributed by atoms with Crippen molar-refractivity contribution in [2.45, 2.75) is 13.5 Å². The predicted molar refractivity (Wildman–Crippen MR) is 122 cm³/mol. The Morgan fingerprint density at radius 2 is 1.97 bits per heavy atom. The third-order valence-electron chi connectivity index (χ3n) is 5.09. The minimum atomic E-state index is -0.557. The second-order valence-electron chi connectivity index (χ2n) is 7.27. The van der Waals surface area contributed by atoms with Crippen LogP contribution in [0, 0.1) is 6.92 Å². The number of nitrogens with one attached hydrogen (secondary N) is 2. The summed E-state index contributed by atoms with van der Waals surface area (Å²) in [5.74, 6) is 0.542. The standard InChI is InChI=1S/C22H22N6O4/c1-13-7-9-14(10-8-13)12-28-17-19(27(2)22(31)25-20(17)30)24-21(28)26-23-11-15-5-4-6-16(32-3)18(15)29/h4-11,29H,12H2,1-3H3,(H,24,26)(H,25,30,31)/b23-11-. The molecule has 4 aromatic rings. The Morgan fingerprint density at radius 3 is 2.69 bits per heavy atom. The van der Waals surface area contributed by atoms with Crippen LogP contribution in [0.2, 0.25) is 0 Å². The molecular weight excluding hydrogens is 412 g/mol. The third kappa shape index (κ3) is 3.85. The topological polar surface area (TPSA) is 127 Å². The third-order valence-corrected chi connectivity index (χ3v) is 5.09. The van der Waals surface area contributed by atoms with Crippen molar-refractivity contribution in [1.29, 1.82) is 0 Å². The average Bonchev–Trinajstić information content (AvgIpc) is 3.13. The molecule has 0 atom stereocenters. The number of ether oxygens (including phenoxy) is 1. The second-order valence-corrected chi connectivity index (χ2v) is 7.27. The van der Waals surface area contributed by atoms with Crippen molar-refractivity contribution < 1.29 is 9.84 Å². The number of para-hydroxylation sites is 1. The van der Waals surface area contributed by atoms with Gasteiger partial charge in [0.15, 0.2) is 22.7 Å². The number of benzene rings is 2. The zero-order valence-corrected chi connectivity index (χ0v) is 17.8. The van der Waals surface area contributed by atoms with Gasteiger partial charge in [-0.3, -0.25) is 18.9 Å². The summed E-state index contributed by atoms with van der Waals surface area (Å²) in [6, 6.07) is 12.9. The number of methoxy groups -OCH3 is 1. The molecule has 10 heteroatoms. The number of rotatable bonds is 6. The molecule has 0 saturated heterocycles. The maximum Gasteiger partial charge on any atom is 0.329 e. The Morgan fingerprint density at radius 1 is 1.22 bits per heavy atom. The van der Waals surface area contributed by atoms with Crippen LogP contribution in [0.4, 0.5) is 5.95 Å². The molecule has 2 aromatic heterocycles. The molecule has 0 spiro atoms. The van der Waals surface area contributed by atoms with Crippen molar-refractivity contribution in [1.82, 2.24) is 19.1 Å². The quantitative estimate of drug-likeness (QED) is 0.314. The van der Waals surface area contributed by atoms with E-state index in [4.69, 9.17) is 4.74 Å². The lowest BCUT2D eigenvalue weighted by Crippen LogP contribution is -2.29. The van der Waals surface area contributed by atoms with Gasteiger partial charge in [-0.25, -0.2) is 10.2 Å². The first kappa shape index (κ1) is 20.9. The van der Waals surface area contributed by atoms with E-state index in [1.165, 1.54) is 24.9 Å². The van der Waals surface area contributed by atoms with E-state index in [-0.39, 0.29) is 22.9 Å². The number of aromatic nitrogens is 4. The highest BCUT2D eigenvalue weighted by atomic mass is 16.5. The number of hydrazone groups is 1. The van der Waals surface area contributed by atoms with Gasteiger partial charge in [-0.1, -0.05) is 35.9 Å². The fraction of sp³-hybridized carbons (Fsp3) is 0.182. The molecule has 3 N–H and O–H groups in total. The van der Waals surface area contributed by atoms with Crippen molar-refractivity contribution in [3.63, 3.8) is 0 Å². The molecule has 0 aliphatic rings. The maximum atomic E-state index is 12.6. The fourth-order valence-corrected chi connectivity index (χ4v) is 3.32. The Bertz CT molecular complexity index is 1430. The molecule has 164 valence electrons. The van der Waals surface area contributed by atoms with Crippen LogP contribution in [0.25, 0.3) is 11.2 Å². The number of aromatic amines is 1. The number of aromatic hydroxyl groups is 1. The Kier molecular flexibility index (Phi) is 5.50. The van der Waals surface area contributed by atoms with E-state index in [1.807, 2.05) is 31.2 Å². The second kappa shape index (κ2) is 8.42. The van der Waals surface area contributed by atoms with Gasteiger partial charge in [0.2, 0.25) is 5.95 Å². The minimum Gasteiger partial charge on any atom is -0.504 e. The molecule has 0 saturated carbocycles. The number of H-pyrrole nitrogens is 1. The Labute approximate surface area is 182 Å². The number of hydrogen-bond donors (Lipinski definition) is 3. The van der Waals surface area contributed by atoms with Gasteiger partial charge in [0.25, 0.3) is 5.56 Å². The summed E-state index contributed by atoms with van der Waals surface area (Å²) in [7, 11) is 2.99. The number of anilines is 1. The van der Waals surface area contributed by atoms with E-state index < -0.39 is 11.2 Å². The predicted octanol–water partition coefficient (Wildman–Crippen LogP) is 1.94. The highest BCUT2D eigenvalue weighted by Crippen LogP contribution is 2.28. The molecule has 2 aromatic carbocycles. The van der Waals surface area contributed by atoms with Crippen LogP contribution in [0.15, 0.2) is 57.2 Å². The summed E-state index contributed by atoms with van der Waals surface area (Å²) >= 11 is 0. The molecular formula is C22H22N6O4. The van der Waals surface area contributed by atoms with Gasteiger partial charge >= 0.3 is 5.69 Å². The van der Waals surface area contributed by atoms with Gasteiger partial charge in [0, 0.05) is 12.6 Å². The number of aryl methyl sites for hydroxylation is 2. The van der Waals surface area contributed by atoms with Crippen LogP contribution in [-0.4, -0.2) is 37.5 Å². The largest absolute Gasteiger partial charge is 0.504 e.